The van der Waals surface area contributed by atoms with E-state index in [1.54, 1.807) is 6.20 Å². The van der Waals surface area contributed by atoms with E-state index in [9.17, 15) is 4.79 Å². The molecule has 0 aromatic carbocycles. The summed E-state index contributed by atoms with van der Waals surface area (Å²) in [4.78, 5) is 22.4. The second-order valence-corrected chi connectivity index (χ2v) is 6.49. The molecule has 6 nitrogen and oxygen atoms in total. The number of nitrogens with one attached hydrogen (secondary N) is 1. The molecule has 0 radical (unpaired) electrons. The van der Waals surface area contributed by atoms with Gasteiger partial charge in [0.1, 0.15) is 0 Å². The fraction of sp³-hybridized carbons (Fsp3) is 0.667. The molecule has 22 heavy (non-hydrogen) atoms. The Labute approximate surface area is 135 Å². The van der Waals surface area contributed by atoms with E-state index in [0.717, 1.165) is 26.0 Å². The third-order valence-corrected chi connectivity index (χ3v) is 4.84. The summed E-state index contributed by atoms with van der Waals surface area (Å²) >= 11 is 5.96. The Bertz CT molecular complexity index is 534. The van der Waals surface area contributed by atoms with Crippen molar-refractivity contribution >= 4 is 17.6 Å². The zero-order valence-electron chi connectivity index (χ0n) is 12.6. The summed E-state index contributed by atoms with van der Waals surface area (Å²) in [7, 11) is 0. The molecule has 1 aliphatic carbocycles. The van der Waals surface area contributed by atoms with Crippen LogP contribution in [0.5, 0.6) is 0 Å². The molecule has 0 bridgehead atoms. The molecule has 120 valence electrons. The fourth-order valence-corrected chi connectivity index (χ4v) is 3.51. The minimum Gasteiger partial charge on any atom is -0.379 e. The Balaban J connectivity index is 1.60. The van der Waals surface area contributed by atoms with E-state index < -0.39 is 0 Å². The van der Waals surface area contributed by atoms with Crippen LogP contribution in [-0.2, 0) is 11.3 Å². The van der Waals surface area contributed by atoms with Gasteiger partial charge >= 0.3 is 6.03 Å². The summed E-state index contributed by atoms with van der Waals surface area (Å²) in [6.07, 6.45) is 7.85. The topological polar surface area (TPSA) is 67.4 Å². The zero-order valence-corrected chi connectivity index (χ0v) is 13.3. The third kappa shape index (κ3) is 3.50. The highest BCUT2D eigenvalue weighted by atomic mass is 35.5. The van der Waals surface area contributed by atoms with Crippen LogP contribution < -0.4 is 5.32 Å². The van der Waals surface area contributed by atoms with Gasteiger partial charge in [-0.2, -0.15) is 0 Å². The first-order valence-electron chi connectivity index (χ1n) is 7.74. The van der Waals surface area contributed by atoms with E-state index in [0.29, 0.717) is 24.0 Å². The molecule has 1 aromatic rings. The molecule has 7 heteroatoms. The van der Waals surface area contributed by atoms with Crippen molar-refractivity contribution < 1.29 is 9.53 Å². The Morgan fingerprint density at radius 2 is 2.14 bits per heavy atom. The van der Waals surface area contributed by atoms with Gasteiger partial charge in [-0.1, -0.05) is 24.4 Å². The number of halogens is 1. The number of carbonyl (C=O) groups is 1. The van der Waals surface area contributed by atoms with Crippen molar-refractivity contribution in [1.29, 1.82) is 0 Å². The number of rotatable bonds is 2. The average Bonchev–Trinajstić information content (AvgIpc) is 2.86. The van der Waals surface area contributed by atoms with Gasteiger partial charge in [0.25, 0.3) is 0 Å². The number of urea groups is 1. The van der Waals surface area contributed by atoms with Crippen LogP contribution in [0, 0.1) is 5.41 Å². The Morgan fingerprint density at radius 1 is 1.36 bits per heavy atom. The summed E-state index contributed by atoms with van der Waals surface area (Å²) in [6, 6.07) is -0.0847. The van der Waals surface area contributed by atoms with Crippen molar-refractivity contribution in [3.8, 4) is 0 Å². The molecule has 2 amide bonds. The summed E-state index contributed by atoms with van der Waals surface area (Å²) in [5.41, 5.74) is 0.733. The maximum absolute atomic E-state index is 12.4. The predicted molar refractivity (Wildman–Crippen MR) is 82.6 cm³/mol. The number of aromatic nitrogens is 2. The van der Waals surface area contributed by atoms with Crippen LogP contribution in [0.4, 0.5) is 4.79 Å². The van der Waals surface area contributed by atoms with Crippen molar-refractivity contribution in [2.75, 3.05) is 26.3 Å². The van der Waals surface area contributed by atoms with Crippen molar-refractivity contribution in [1.82, 2.24) is 20.2 Å². The lowest BCUT2D eigenvalue weighted by Gasteiger charge is -2.31. The SMILES string of the molecule is O=C(NCc1nccnc1Cl)N1CCOCC2(CCCC2)C1. The number of nitrogens with zero attached hydrogens (tertiary/aromatic N) is 3. The maximum atomic E-state index is 12.4. The number of hydrogen-bond acceptors (Lipinski definition) is 4. The number of hydrogen-bond donors (Lipinski definition) is 1. The highest BCUT2D eigenvalue weighted by molar-refractivity contribution is 6.29. The minimum atomic E-state index is -0.0847. The molecule has 2 aliphatic rings. The normalized spacial score (nSPS) is 20.9. The first-order valence-corrected chi connectivity index (χ1v) is 8.12. The minimum absolute atomic E-state index is 0.0847. The van der Waals surface area contributed by atoms with Crippen molar-refractivity contribution in [2.45, 2.75) is 32.2 Å². The molecule has 2 heterocycles. The Morgan fingerprint density at radius 3 is 2.91 bits per heavy atom. The first kappa shape index (κ1) is 15.5. The summed E-state index contributed by atoms with van der Waals surface area (Å²) < 4.78 is 5.73. The molecule has 0 unspecified atom stereocenters. The monoisotopic (exact) mass is 324 g/mol. The van der Waals surface area contributed by atoms with E-state index in [-0.39, 0.29) is 18.0 Å². The van der Waals surface area contributed by atoms with Gasteiger partial charge in [-0.05, 0) is 12.8 Å². The van der Waals surface area contributed by atoms with E-state index >= 15 is 0 Å². The zero-order chi connectivity index (χ0) is 15.4. The molecule has 1 saturated carbocycles. The fourth-order valence-electron chi connectivity index (χ4n) is 3.33. The molecule has 3 rings (SSSR count). The second-order valence-electron chi connectivity index (χ2n) is 6.13. The summed E-state index contributed by atoms with van der Waals surface area (Å²) in [6.45, 7) is 3.05. The lowest BCUT2D eigenvalue weighted by atomic mass is 9.87. The van der Waals surface area contributed by atoms with E-state index in [2.05, 4.69) is 15.3 Å². The number of ether oxygens (including phenoxy) is 1. The highest BCUT2D eigenvalue weighted by Gasteiger charge is 2.38. The van der Waals surface area contributed by atoms with Crippen molar-refractivity contribution in [2.24, 2.45) is 5.41 Å². The number of carbonyl (C=O) groups excluding carboxylic acids is 1. The standard InChI is InChI=1S/C15H21ClN4O2/c16-13-12(17-5-6-18-13)9-19-14(21)20-7-8-22-11-15(10-20)3-1-2-4-15/h5-6H,1-4,7-11H2,(H,19,21). The van der Waals surface area contributed by atoms with E-state index in [1.807, 2.05) is 4.90 Å². The van der Waals surface area contributed by atoms with Gasteiger partial charge in [0, 0.05) is 30.9 Å². The molecule has 1 spiro atoms. The van der Waals surface area contributed by atoms with Crippen molar-refractivity contribution in [3.63, 3.8) is 0 Å². The molecule has 2 fully saturated rings. The Hall–Kier alpha value is -1.40. The molecule has 1 aliphatic heterocycles. The summed E-state index contributed by atoms with van der Waals surface area (Å²) in [5.74, 6) is 0. The third-order valence-electron chi connectivity index (χ3n) is 4.52. The Kier molecular flexibility index (Phi) is 4.78. The van der Waals surface area contributed by atoms with Crippen LogP contribution in [0.3, 0.4) is 0 Å². The van der Waals surface area contributed by atoms with Crippen LogP contribution in [-0.4, -0.2) is 47.2 Å². The highest BCUT2D eigenvalue weighted by Crippen LogP contribution is 2.40. The number of amides is 2. The molecule has 1 aromatic heterocycles. The van der Waals surface area contributed by atoms with Gasteiger partial charge < -0.3 is 15.0 Å². The van der Waals surface area contributed by atoms with Crippen LogP contribution in [0.25, 0.3) is 0 Å². The lowest BCUT2D eigenvalue weighted by Crippen LogP contribution is -2.45. The lowest BCUT2D eigenvalue weighted by molar-refractivity contribution is 0.0717. The van der Waals surface area contributed by atoms with Gasteiger partial charge in [0.15, 0.2) is 5.15 Å². The molecule has 0 atom stereocenters. The van der Waals surface area contributed by atoms with Crippen LogP contribution >= 0.6 is 11.6 Å². The van der Waals surface area contributed by atoms with E-state index in [1.165, 1.54) is 19.0 Å². The van der Waals surface area contributed by atoms with Gasteiger partial charge in [-0.3, -0.25) is 4.98 Å². The largest absolute Gasteiger partial charge is 0.379 e. The smallest absolute Gasteiger partial charge is 0.317 e. The predicted octanol–water partition coefficient (Wildman–Crippen LogP) is 2.23. The van der Waals surface area contributed by atoms with Crippen molar-refractivity contribution in [3.05, 3.63) is 23.2 Å². The van der Waals surface area contributed by atoms with Crippen LogP contribution in [0.2, 0.25) is 5.15 Å². The van der Waals surface area contributed by atoms with Crippen LogP contribution in [0.15, 0.2) is 12.4 Å². The van der Waals surface area contributed by atoms with E-state index in [4.69, 9.17) is 16.3 Å². The van der Waals surface area contributed by atoms with Crippen LogP contribution in [0.1, 0.15) is 31.4 Å². The quantitative estimate of drug-likeness (QED) is 0.906. The maximum Gasteiger partial charge on any atom is 0.317 e. The molecular formula is C15H21ClN4O2. The first-order chi connectivity index (χ1) is 10.7. The van der Waals surface area contributed by atoms with Gasteiger partial charge in [0.05, 0.1) is 25.5 Å². The second kappa shape index (κ2) is 6.79. The molecule has 1 N–H and O–H groups in total. The van der Waals surface area contributed by atoms with Gasteiger partial charge in [0.2, 0.25) is 0 Å². The molecular weight excluding hydrogens is 304 g/mol. The average molecular weight is 325 g/mol. The summed E-state index contributed by atoms with van der Waals surface area (Å²) in [5, 5.41) is 3.22. The van der Waals surface area contributed by atoms with Gasteiger partial charge in [-0.15, -0.1) is 0 Å². The van der Waals surface area contributed by atoms with Gasteiger partial charge in [-0.25, -0.2) is 9.78 Å². The molecule has 1 saturated heterocycles.